The predicted molar refractivity (Wildman–Crippen MR) is 71.6 cm³/mol. The van der Waals surface area contributed by atoms with Crippen molar-refractivity contribution in [3.63, 3.8) is 0 Å². The number of hydrogen-bond acceptors (Lipinski definition) is 2. The van der Waals surface area contributed by atoms with Crippen LogP contribution in [0.1, 0.15) is 25.1 Å². The van der Waals surface area contributed by atoms with Gasteiger partial charge in [-0.3, -0.25) is 10.1 Å². The molecule has 94 valence electrons. The van der Waals surface area contributed by atoms with E-state index in [4.69, 9.17) is 0 Å². The summed E-state index contributed by atoms with van der Waals surface area (Å²) in [5.74, 6) is 0. The summed E-state index contributed by atoms with van der Waals surface area (Å²) in [5, 5.41) is 11.2. The van der Waals surface area contributed by atoms with Crippen molar-refractivity contribution < 1.29 is 4.92 Å². The molecule has 4 heteroatoms. The van der Waals surface area contributed by atoms with Gasteiger partial charge in [0.2, 0.25) is 0 Å². The molecule has 0 amide bonds. The van der Waals surface area contributed by atoms with E-state index in [9.17, 15) is 10.1 Å². The van der Waals surface area contributed by atoms with Crippen LogP contribution >= 0.6 is 0 Å². The first kappa shape index (κ1) is 12.4. The average molecular weight is 244 g/mol. The van der Waals surface area contributed by atoms with Crippen LogP contribution < -0.4 is 0 Å². The molecule has 0 radical (unpaired) electrons. The van der Waals surface area contributed by atoms with Crippen LogP contribution in [-0.2, 0) is 12.8 Å². The van der Waals surface area contributed by atoms with E-state index in [1.54, 1.807) is 6.07 Å². The highest BCUT2D eigenvalue weighted by Gasteiger charge is 2.18. The molecule has 0 aliphatic heterocycles. The summed E-state index contributed by atoms with van der Waals surface area (Å²) in [7, 11) is 0. The Balaban J connectivity index is 2.60. The van der Waals surface area contributed by atoms with Gasteiger partial charge in [-0.05, 0) is 30.5 Å². The van der Waals surface area contributed by atoms with E-state index in [1.807, 2.05) is 38.2 Å². The highest BCUT2D eigenvalue weighted by Crippen LogP contribution is 2.33. The summed E-state index contributed by atoms with van der Waals surface area (Å²) >= 11 is 0. The van der Waals surface area contributed by atoms with E-state index < -0.39 is 0 Å². The highest BCUT2D eigenvalue weighted by molar-refractivity contribution is 5.76. The minimum absolute atomic E-state index is 0.184. The molecule has 0 unspecified atom stereocenters. The monoisotopic (exact) mass is 244 g/mol. The Morgan fingerprint density at radius 2 is 1.94 bits per heavy atom. The molecule has 4 nitrogen and oxygen atoms in total. The fraction of sp³-hybridized carbons (Fsp3) is 0.286. The molecule has 0 fully saturated rings. The Kier molecular flexibility index (Phi) is 3.46. The maximum atomic E-state index is 11.2. The number of H-pyrrole nitrogens is 1. The molecule has 0 saturated heterocycles. The minimum Gasteiger partial charge on any atom is -0.364 e. The molecule has 18 heavy (non-hydrogen) atoms. The van der Waals surface area contributed by atoms with Crippen molar-refractivity contribution in [1.82, 2.24) is 4.98 Å². The van der Waals surface area contributed by atoms with Crippen LogP contribution in [-0.4, -0.2) is 9.91 Å². The number of aromatic amines is 1. The van der Waals surface area contributed by atoms with Gasteiger partial charge in [-0.2, -0.15) is 0 Å². The quantitative estimate of drug-likeness (QED) is 0.658. The first-order valence-electron chi connectivity index (χ1n) is 6.11. The van der Waals surface area contributed by atoms with Gasteiger partial charge in [-0.15, -0.1) is 0 Å². The molecular formula is C14H16N2O2. The van der Waals surface area contributed by atoms with Crippen molar-refractivity contribution in [1.29, 1.82) is 0 Å². The standard InChI is InChI=1S/C14H16N2O2/c1-3-10-5-6-12(14(9-10)16(17)18)11-7-8-15-13(11)4-2/h5-9,15H,3-4H2,1-2H3. The Bertz CT molecular complexity index is 573. The fourth-order valence-corrected chi connectivity index (χ4v) is 2.12. The molecular weight excluding hydrogens is 228 g/mol. The van der Waals surface area contributed by atoms with Crippen molar-refractivity contribution >= 4 is 5.69 Å². The highest BCUT2D eigenvalue weighted by atomic mass is 16.6. The fourth-order valence-electron chi connectivity index (χ4n) is 2.12. The van der Waals surface area contributed by atoms with E-state index in [0.717, 1.165) is 29.7 Å². The third kappa shape index (κ3) is 2.14. The second-order valence-electron chi connectivity index (χ2n) is 4.19. The number of aromatic nitrogens is 1. The largest absolute Gasteiger partial charge is 0.364 e. The number of aryl methyl sites for hydroxylation is 2. The van der Waals surface area contributed by atoms with Crippen molar-refractivity contribution in [2.24, 2.45) is 0 Å². The number of nitrogens with one attached hydrogen (secondary N) is 1. The molecule has 1 N–H and O–H groups in total. The van der Waals surface area contributed by atoms with Gasteiger partial charge >= 0.3 is 0 Å². The molecule has 0 atom stereocenters. The zero-order valence-corrected chi connectivity index (χ0v) is 10.6. The molecule has 1 heterocycles. The van der Waals surface area contributed by atoms with Crippen LogP contribution in [0.15, 0.2) is 30.5 Å². The Labute approximate surface area is 106 Å². The third-order valence-electron chi connectivity index (χ3n) is 3.14. The van der Waals surface area contributed by atoms with Crippen LogP contribution in [0.5, 0.6) is 0 Å². The van der Waals surface area contributed by atoms with Crippen LogP contribution in [0.4, 0.5) is 5.69 Å². The molecule has 2 aromatic rings. The van der Waals surface area contributed by atoms with Crippen LogP contribution in [0.2, 0.25) is 0 Å². The van der Waals surface area contributed by atoms with E-state index >= 15 is 0 Å². The van der Waals surface area contributed by atoms with Crippen LogP contribution in [0, 0.1) is 10.1 Å². The molecule has 0 aliphatic rings. The summed E-state index contributed by atoms with van der Waals surface area (Å²) in [4.78, 5) is 14.0. The van der Waals surface area contributed by atoms with Gasteiger partial charge < -0.3 is 4.98 Å². The van der Waals surface area contributed by atoms with Crippen molar-refractivity contribution in [3.05, 3.63) is 51.8 Å². The van der Waals surface area contributed by atoms with Crippen molar-refractivity contribution in [3.8, 4) is 11.1 Å². The van der Waals surface area contributed by atoms with Gasteiger partial charge in [0.05, 0.1) is 10.5 Å². The van der Waals surface area contributed by atoms with E-state index in [2.05, 4.69) is 4.98 Å². The number of hydrogen-bond donors (Lipinski definition) is 1. The molecule has 0 bridgehead atoms. The zero-order valence-electron chi connectivity index (χ0n) is 10.6. The lowest BCUT2D eigenvalue weighted by molar-refractivity contribution is -0.384. The van der Waals surface area contributed by atoms with Gasteiger partial charge in [0.1, 0.15) is 0 Å². The third-order valence-corrected chi connectivity index (χ3v) is 3.14. The zero-order chi connectivity index (χ0) is 13.1. The summed E-state index contributed by atoms with van der Waals surface area (Å²) in [6, 6.07) is 7.36. The lowest BCUT2D eigenvalue weighted by atomic mass is 10.00. The molecule has 2 rings (SSSR count). The topological polar surface area (TPSA) is 58.9 Å². The number of nitrogens with zero attached hydrogens (tertiary/aromatic N) is 1. The van der Waals surface area contributed by atoms with Crippen LogP contribution in [0.3, 0.4) is 0 Å². The lowest BCUT2D eigenvalue weighted by Crippen LogP contribution is -1.95. The molecule has 0 saturated carbocycles. The first-order chi connectivity index (χ1) is 8.67. The summed E-state index contributed by atoms with van der Waals surface area (Å²) < 4.78 is 0. The SMILES string of the molecule is CCc1ccc(-c2cc[nH]c2CC)c([N+](=O)[O-])c1. The number of benzene rings is 1. The Morgan fingerprint density at radius 1 is 1.17 bits per heavy atom. The maximum absolute atomic E-state index is 11.2. The van der Waals surface area contributed by atoms with Crippen molar-refractivity contribution in [2.75, 3.05) is 0 Å². The Hall–Kier alpha value is -2.10. The van der Waals surface area contributed by atoms with E-state index in [1.165, 1.54) is 0 Å². The average Bonchev–Trinajstić information content (AvgIpc) is 2.86. The molecule has 1 aromatic heterocycles. The second-order valence-corrected chi connectivity index (χ2v) is 4.19. The molecule has 0 spiro atoms. The van der Waals surface area contributed by atoms with Gasteiger partial charge in [0.15, 0.2) is 0 Å². The molecule has 0 aliphatic carbocycles. The van der Waals surface area contributed by atoms with Gasteiger partial charge in [0.25, 0.3) is 5.69 Å². The predicted octanol–water partition coefficient (Wildman–Crippen LogP) is 3.71. The van der Waals surface area contributed by atoms with Gasteiger partial charge in [0, 0.05) is 23.5 Å². The number of nitro benzene ring substituents is 1. The summed E-state index contributed by atoms with van der Waals surface area (Å²) in [6.07, 6.45) is 3.45. The lowest BCUT2D eigenvalue weighted by Gasteiger charge is -2.05. The number of rotatable bonds is 4. The Morgan fingerprint density at radius 3 is 2.56 bits per heavy atom. The van der Waals surface area contributed by atoms with E-state index in [0.29, 0.717) is 5.56 Å². The van der Waals surface area contributed by atoms with Gasteiger partial charge in [-0.1, -0.05) is 19.9 Å². The second kappa shape index (κ2) is 5.04. The maximum Gasteiger partial charge on any atom is 0.277 e. The van der Waals surface area contributed by atoms with Crippen molar-refractivity contribution in [2.45, 2.75) is 26.7 Å². The normalized spacial score (nSPS) is 10.6. The summed E-state index contributed by atoms with van der Waals surface area (Å²) in [5.41, 5.74) is 3.81. The van der Waals surface area contributed by atoms with E-state index in [-0.39, 0.29) is 10.6 Å². The first-order valence-corrected chi connectivity index (χ1v) is 6.11. The number of nitro groups is 1. The van der Waals surface area contributed by atoms with Gasteiger partial charge in [-0.25, -0.2) is 0 Å². The van der Waals surface area contributed by atoms with Crippen LogP contribution in [0.25, 0.3) is 11.1 Å². The molecule has 1 aromatic carbocycles. The smallest absolute Gasteiger partial charge is 0.277 e. The minimum atomic E-state index is -0.305. The summed E-state index contributed by atoms with van der Waals surface area (Å²) in [6.45, 7) is 4.02.